The number of nitrogens with one attached hydrogen (secondary N) is 2. The van der Waals surface area contributed by atoms with Crippen LogP contribution in [-0.4, -0.2) is 21.8 Å². The number of aryl methyl sites for hydroxylation is 1. The number of rotatable bonds is 4. The molecule has 1 aliphatic carbocycles. The van der Waals surface area contributed by atoms with Gasteiger partial charge in [-0.3, -0.25) is 14.6 Å². The van der Waals surface area contributed by atoms with Crippen LogP contribution in [0.5, 0.6) is 0 Å². The van der Waals surface area contributed by atoms with Gasteiger partial charge in [0.25, 0.3) is 5.91 Å². The monoisotopic (exact) mass is 296 g/mol. The second-order valence-corrected chi connectivity index (χ2v) is 5.34. The van der Waals surface area contributed by atoms with E-state index < -0.39 is 0 Å². The third kappa shape index (κ3) is 3.46. The minimum atomic E-state index is -0.269. The van der Waals surface area contributed by atoms with Gasteiger partial charge in [-0.05, 0) is 44.0 Å². The topological polar surface area (TPSA) is 84.0 Å². The molecule has 1 saturated carbocycles. The molecular weight excluding hydrogens is 280 g/mol. The highest BCUT2D eigenvalue weighted by atomic mass is 16.2. The minimum absolute atomic E-state index is 0.0345. The average Bonchev–Trinajstić information content (AvgIpc) is 3.34. The molecule has 1 aliphatic rings. The fourth-order valence-corrected chi connectivity index (χ4v) is 1.96. The molecule has 0 radical (unpaired) electrons. The zero-order chi connectivity index (χ0) is 15.5. The molecular formula is C16H16N4O2. The van der Waals surface area contributed by atoms with Gasteiger partial charge >= 0.3 is 0 Å². The Morgan fingerprint density at radius 3 is 2.64 bits per heavy atom. The van der Waals surface area contributed by atoms with Crippen molar-refractivity contribution < 1.29 is 9.59 Å². The third-order valence-corrected chi connectivity index (χ3v) is 3.39. The molecule has 6 nitrogen and oxygen atoms in total. The second kappa shape index (κ2) is 5.93. The quantitative estimate of drug-likeness (QED) is 0.907. The molecule has 6 heteroatoms. The number of aromatic nitrogens is 2. The maximum atomic E-state index is 12.2. The van der Waals surface area contributed by atoms with E-state index in [1.807, 2.05) is 13.0 Å². The number of carbonyl (C=O) groups is 2. The van der Waals surface area contributed by atoms with Crippen LogP contribution in [0.25, 0.3) is 0 Å². The molecule has 0 aliphatic heterocycles. The first-order valence-corrected chi connectivity index (χ1v) is 7.13. The highest BCUT2D eigenvalue weighted by molar-refractivity contribution is 6.05. The van der Waals surface area contributed by atoms with Gasteiger partial charge in [0.15, 0.2) is 0 Å². The summed E-state index contributed by atoms with van der Waals surface area (Å²) in [4.78, 5) is 32.1. The van der Waals surface area contributed by atoms with Crippen molar-refractivity contribution in [3.8, 4) is 0 Å². The molecule has 2 amide bonds. The van der Waals surface area contributed by atoms with Gasteiger partial charge in [0, 0.05) is 23.4 Å². The van der Waals surface area contributed by atoms with Crippen molar-refractivity contribution in [1.82, 2.24) is 9.97 Å². The number of anilines is 2. The molecule has 1 fully saturated rings. The number of carbonyl (C=O) groups excluding carboxylic acids is 2. The van der Waals surface area contributed by atoms with Gasteiger partial charge in [-0.1, -0.05) is 0 Å². The van der Waals surface area contributed by atoms with Crippen LogP contribution in [0.15, 0.2) is 36.7 Å². The van der Waals surface area contributed by atoms with E-state index in [2.05, 4.69) is 20.6 Å². The summed E-state index contributed by atoms with van der Waals surface area (Å²) < 4.78 is 0. The van der Waals surface area contributed by atoms with Crippen LogP contribution in [0.4, 0.5) is 11.5 Å². The van der Waals surface area contributed by atoms with Crippen LogP contribution in [0.3, 0.4) is 0 Å². The molecule has 2 N–H and O–H groups in total. The van der Waals surface area contributed by atoms with Crippen LogP contribution in [0.2, 0.25) is 0 Å². The Labute approximate surface area is 128 Å². The lowest BCUT2D eigenvalue weighted by Crippen LogP contribution is -2.16. The highest BCUT2D eigenvalue weighted by Gasteiger charge is 2.29. The average molecular weight is 296 g/mol. The van der Waals surface area contributed by atoms with Gasteiger partial charge in [0.05, 0.1) is 11.9 Å². The van der Waals surface area contributed by atoms with E-state index in [9.17, 15) is 9.59 Å². The Bertz CT molecular complexity index is 708. The summed E-state index contributed by atoms with van der Waals surface area (Å²) in [6, 6.07) is 6.78. The van der Waals surface area contributed by atoms with E-state index in [-0.39, 0.29) is 17.7 Å². The van der Waals surface area contributed by atoms with Crippen molar-refractivity contribution >= 4 is 23.3 Å². The molecule has 2 aromatic rings. The van der Waals surface area contributed by atoms with E-state index >= 15 is 0 Å². The van der Waals surface area contributed by atoms with E-state index in [0.29, 0.717) is 17.1 Å². The van der Waals surface area contributed by atoms with Crippen LogP contribution < -0.4 is 10.6 Å². The van der Waals surface area contributed by atoms with E-state index in [0.717, 1.165) is 18.5 Å². The smallest absolute Gasteiger partial charge is 0.255 e. The summed E-state index contributed by atoms with van der Waals surface area (Å²) in [6.45, 7) is 1.88. The van der Waals surface area contributed by atoms with E-state index in [4.69, 9.17) is 0 Å². The lowest BCUT2D eigenvalue weighted by molar-refractivity contribution is -0.117. The highest BCUT2D eigenvalue weighted by Crippen LogP contribution is 2.29. The molecule has 3 rings (SSSR count). The van der Waals surface area contributed by atoms with Gasteiger partial charge in [0.1, 0.15) is 5.82 Å². The summed E-state index contributed by atoms with van der Waals surface area (Å²) in [5, 5.41) is 5.49. The van der Waals surface area contributed by atoms with Gasteiger partial charge in [-0.2, -0.15) is 0 Å². The largest absolute Gasteiger partial charge is 0.321 e. The molecule has 0 spiro atoms. The maximum absolute atomic E-state index is 12.2. The number of hydrogen-bond donors (Lipinski definition) is 2. The van der Waals surface area contributed by atoms with Crippen molar-refractivity contribution in [2.75, 3.05) is 10.6 Å². The first-order valence-electron chi connectivity index (χ1n) is 7.13. The fourth-order valence-electron chi connectivity index (χ4n) is 1.96. The van der Waals surface area contributed by atoms with Crippen molar-refractivity contribution in [3.63, 3.8) is 0 Å². The standard InChI is InChI=1S/C16H16N4O2/c1-10-2-5-13(9-18-10)19-16(22)12-6-7-17-14(8-12)20-15(21)11-3-4-11/h2,5-9,11H,3-4H2,1H3,(H,19,22)(H,17,20,21). The normalized spacial score (nSPS) is 13.5. The van der Waals surface area contributed by atoms with Crippen LogP contribution in [0, 0.1) is 12.8 Å². The van der Waals surface area contributed by atoms with E-state index in [1.165, 1.54) is 6.20 Å². The molecule has 0 atom stereocenters. The number of hydrogen-bond acceptors (Lipinski definition) is 4. The molecule has 112 valence electrons. The maximum Gasteiger partial charge on any atom is 0.255 e. The Balaban J connectivity index is 1.69. The van der Waals surface area contributed by atoms with Gasteiger partial charge in [-0.15, -0.1) is 0 Å². The van der Waals surface area contributed by atoms with Crippen LogP contribution in [0.1, 0.15) is 28.9 Å². The Hall–Kier alpha value is -2.76. The molecule has 0 bridgehead atoms. The predicted molar refractivity (Wildman–Crippen MR) is 82.5 cm³/mol. The fraction of sp³-hybridized carbons (Fsp3) is 0.250. The van der Waals surface area contributed by atoms with Gasteiger partial charge in [-0.25, -0.2) is 4.98 Å². The first kappa shape index (κ1) is 14.2. The second-order valence-electron chi connectivity index (χ2n) is 5.34. The van der Waals surface area contributed by atoms with Crippen LogP contribution in [-0.2, 0) is 4.79 Å². The predicted octanol–water partition coefficient (Wildman–Crippen LogP) is 2.39. The van der Waals surface area contributed by atoms with Crippen molar-refractivity contribution in [2.24, 2.45) is 5.92 Å². The van der Waals surface area contributed by atoms with Crippen molar-refractivity contribution in [1.29, 1.82) is 0 Å². The Kier molecular flexibility index (Phi) is 3.82. The molecule has 2 aromatic heterocycles. The lowest BCUT2D eigenvalue weighted by atomic mass is 10.2. The number of nitrogens with zero attached hydrogens (tertiary/aromatic N) is 2. The Morgan fingerprint density at radius 2 is 1.95 bits per heavy atom. The molecule has 0 unspecified atom stereocenters. The summed E-state index contributed by atoms with van der Waals surface area (Å²) in [5.74, 6) is 0.187. The van der Waals surface area contributed by atoms with Gasteiger partial charge in [0.2, 0.25) is 5.91 Å². The zero-order valence-corrected chi connectivity index (χ0v) is 12.2. The number of amides is 2. The Morgan fingerprint density at radius 1 is 1.14 bits per heavy atom. The zero-order valence-electron chi connectivity index (χ0n) is 12.2. The molecule has 0 aromatic carbocycles. The van der Waals surface area contributed by atoms with Gasteiger partial charge < -0.3 is 10.6 Å². The summed E-state index contributed by atoms with van der Waals surface area (Å²) in [6.07, 6.45) is 4.95. The van der Waals surface area contributed by atoms with Crippen LogP contribution >= 0.6 is 0 Å². The lowest BCUT2D eigenvalue weighted by Gasteiger charge is -2.07. The summed E-state index contributed by atoms with van der Waals surface area (Å²) >= 11 is 0. The summed E-state index contributed by atoms with van der Waals surface area (Å²) in [5.41, 5.74) is 1.93. The SMILES string of the molecule is Cc1ccc(NC(=O)c2ccnc(NC(=O)C3CC3)c2)cn1. The van der Waals surface area contributed by atoms with E-state index in [1.54, 1.807) is 24.4 Å². The number of pyridine rings is 2. The van der Waals surface area contributed by atoms with Crippen molar-refractivity contribution in [2.45, 2.75) is 19.8 Å². The molecule has 0 saturated heterocycles. The third-order valence-electron chi connectivity index (χ3n) is 3.39. The molecule has 2 heterocycles. The van der Waals surface area contributed by atoms with Crippen molar-refractivity contribution in [3.05, 3.63) is 47.9 Å². The molecule has 22 heavy (non-hydrogen) atoms. The first-order chi connectivity index (χ1) is 10.6. The minimum Gasteiger partial charge on any atom is -0.321 e. The summed E-state index contributed by atoms with van der Waals surface area (Å²) in [7, 11) is 0.